The van der Waals surface area contributed by atoms with Crippen molar-refractivity contribution in [2.75, 3.05) is 34.5 Å². The Bertz CT molecular complexity index is 370. The van der Waals surface area contributed by atoms with Crippen molar-refractivity contribution < 1.29 is 19.3 Å². The lowest BCUT2D eigenvalue weighted by molar-refractivity contribution is 0.243. The van der Waals surface area contributed by atoms with E-state index in [1.165, 1.54) is 0 Å². The minimum absolute atomic E-state index is 0.0125. The summed E-state index contributed by atoms with van der Waals surface area (Å²) < 4.78 is 15.9. The summed E-state index contributed by atoms with van der Waals surface area (Å²) in [6.07, 6.45) is 1.00. The summed E-state index contributed by atoms with van der Waals surface area (Å²) in [5.41, 5.74) is 0.908. The van der Waals surface area contributed by atoms with Crippen LogP contribution in [-0.4, -0.2) is 39.6 Å². The van der Waals surface area contributed by atoms with Crippen LogP contribution < -0.4 is 19.5 Å². The SMILES string of the molecule is CCCNC(CO)c1cc(OC)c(OC)c(OC)c1. The molecule has 1 aromatic rings. The lowest BCUT2D eigenvalue weighted by Gasteiger charge is -2.20. The van der Waals surface area contributed by atoms with Crippen LogP contribution in [0.3, 0.4) is 0 Å². The second kappa shape index (κ2) is 7.86. The second-order valence-electron chi connectivity index (χ2n) is 4.15. The normalized spacial score (nSPS) is 12.1. The number of ether oxygens (including phenoxy) is 3. The van der Waals surface area contributed by atoms with Crippen molar-refractivity contribution in [1.82, 2.24) is 5.32 Å². The first-order valence-corrected chi connectivity index (χ1v) is 6.35. The average molecular weight is 269 g/mol. The molecule has 0 aliphatic carbocycles. The summed E-state index contributed by atoms with van der Waals surface area (Å²) in [4.78, 5) is 0. The molecule has 5 heteroatoms. The van der Waals surface area contributed by atoms with Gasteiger partial charge in [-0.05, 0) is 30.7 Å². The molecule has 0 amide bonds. The quantitative estimate of drug-likeness (QED) is 0.753. The van der Waals surface area contributed by atoms with Crippen molar-refractivity contribution in [2.45, 2.75) is 19.4 Å². The summed E-state index contributed by atoms with van der Waals surface area (Å²) in [7, 11) is 4.72. The van der Waals surface area contributed by atoms with Gasteiger partial charge in [0.1, 0.15) is 0 Å². The Hall–Kier alpha value is -1.46. The molecule has 19 heavy (non-hydrogen) atoms. The summed E-state index contributed by atoms with van der Waals surface area (Å²) in [6, 6.07) is 3.56. The lowest BCUT2D eigenvalue weighted by Crippen LogP contribution is -2.25. The third-order valence-electron chi connectivity index (χ3n) is 2.91. The topological polar surface area (TPSA) is 60.0 Å². The second-order valence-corrected chi connectivity index (χ2v) is 4.15. The van der Waals surface area contributed by atoms with E-state index in [0.29, 0.717) is 17.2 Å². The molecular weight excluding hydrogens is 246 g/mol. The zero-order chi connectivity index (χ0) is 14.3. The van der Waals surface area contributed by atoms with Gasteiger partial charge in [0.15, 0.2) is 11.5 Å². The first-order valence-electron chi connectivity index (χ1n) is 6.35. The van der Waals surface area contributed by atoms with Crippen LogP contribution in [0.2, 0.25) is 0 Å². The van der Waals surface area contributed by atoms with Gasteiger partial charge in [-0.2, -0.15) is 0 Å². The monoisotopic (exact) mass is 269 g/mol. The molecule has 2 N–H and O–H groups in total. The third kappa shape index (κ3) is 3.75. The molecule has 5 nitrogen and oxygen atoms in total. The van der Waals surface area contributed by atoms with Gasteiger partial charge < -0.3 is 24.6 Å². The average Bonchev–Trinajstić information content (AvgIpc) is 2.46. The number of aliphatic hydroxyl groups is 1. The minimum atomic E-state index is -0.145. The van der Waals surface area contributed by atoms with Crippen LogP contribution in [0.15, 0.2) is 12.1 Å². The van der Waals surface area contributed by atoms with Gasteiger partial charge in [0.25, 0.3) is 0 Å². The highest BCUT2D eigenvalue weighted by atomic mass is 16.5. The maximum atomic E-state index is 9.48. The molecule has 1 atom stereocenters. The summed E-state index contributed by atoms with van der Waals surface area (Å²) in [5, 5.41) is 12.8. The van der Waals surface area contributed by atoms with E-state index in [2.05, 4.69) is 12.2 Å². The predicted octanol–water partition coefficient (Wildman–Crippen LogP) is 1.75. The molecule has 1 unspecified atom stereocenters. The number of rotatable bonds is 8. The van der Waals surface area contributed by atoms with Crippen LogP contribution >= 0.6 is 0 Å². The van der Waals surface area contributed by atoms with E-state index in [1.54, 1.807) is 21.3 Å². The van der Waals surface area contributed by atoms with Gasteiger partial charge in [-0.25, -0.2) is 0 Å². The van der Waals surface area contributed by atoms with Crippen LogP contribution in [0.1, 0.15) is 24.9 Å². The molecule has 1 rings (SSSR count). The highest BCUT2D eigenvalue weighted by Crippen LogP contribution is 2.39. The summed E-state index contributed by atoms with van der Waals surface area (Å²) in [6.45, 7) is 2.93. The Morgan fingerprint density at radius 2 is 1.68 bits per heavy atom. The van der Waals surface area contributed by atoms with Crippen LogP contribution in [0.25, 0.3) is 0 Å². The molecule has 0 aromatic heterocycles. The Balaban J connectivity index is 3.12. The van der Waals surface area contributed by atoms with E-state index < -0.39 is 0 Å². The predicted molar refractivity (Wildman–Crippen MR) is 74.2 cm³/mol. The molecule has 0 heterocycles. The van der Waals surface area contributed by atoms with Gasteiger partial charge in [0.2, 0.25) is 5.75 Å². The minimum Gasteiger partial charge on any atom is -0.493 e. The van der Waals surface area contributed by atoms with Gasteiger partial charge in [0, 0.05) is 0 Å². The van der Waals surface area contributed by atoms with Gasteiger partial charge in [-0.3, -0.25) is 0 Å². The molecule has 0 aliphatic rings. The van der Waals surface area contributed by atoms with E-state index in [9.17, 15) is 5.11 Å². The number of hydrogen-bond acceptors (Lipinski definition) is 5. The molecule has 0 fully saturated rings. The largest absolute Gasteiger partial charge is 0.493 e. The first kappa shape index (κ1) is 15.6. The summed E-state index contributed by atoms with van der Waals surface area (Å²) in [5.74, 6) is 1.74. The molecule has 0 radical (unpaired) electrons. The molecule has 0 bridgehead atoms. The number of methoxy groups -OCH3 is 3. The highest BCUT2D eigenvalue weighted by Gasteiger charge is 2.17. The molecule has 1 aromatic carbocycles. The zero-order valence-electron chi connectivity index (χ0n) is 12.0. The summed E-state index contributed by atoms with van der Waals surface area (Å²) >= 11 is 0. The number of hydrogen-bond donors (Lipinski definition) is 2. The molecule has 0 spiro atoms. The zero-order valence-corrected chi connectivity index (χ0v) is 12.0. The molecular formula is C14H23NO4. The van der Waals surface area contributed by atoms with Gasteiger partial charge in [-0.15, -0.1) is 0 Å². The Morgan fingerprint density at radius 1 is 1.11 bits per heavy atom. The van der Waals surface area contributed by atoms with Crippen LogP contribution in [-0.2, 0) is 0 Å². The first-order chi connectivity index (χ1) is 9.21. The van der Waals surface area contributed by atoms with Crippen LogP contribution in [0.5, 0.6) is 17.2 Å². The molecule has 0 saturated carbocycles. The Morgan fingerprint density at radius 3 is 2.05 bits per heavy atom. The standard InChI is InChI=1S/C14H23NO4/c1-5-6-15-11(9-16)10-7-12(17-2)14(19-4)13(8-10)18-3/h7-8,11,15-16H,5-6,9H2,1-4H3. The van der Waals surface area contributed by atoms with E-state index >= 15 is 0 Å². The smallest absolute Gasteiger partial charge is 0.203 e. The fourth-order valence-corrected chi connectivity index (χ4v) is 1.91. The van der Waals surface area contributed by atoms with Gasteiger partial charge in [-0.1, -0.05) is 6.92 Å². The van der Waals surface area contributed by atoms with Crippen molar-refractivity contribution >= 4 is 0 Å². The number of nitrogens with one attached hydrogen (secondary N) is 1. The van der Waals surface area contributed by atoms with Crippen molar-refractivity contribution in [3.63, 3.8) is 0 Å². The molecule has 0 aliphatic heterocycles. The Labute approximate surface area is 114 Å². The Kier molecular flexibility index (Phi) is 6.45. The van der Waals surface area contributed by atoms with Gasteiger partial charge >= 0.3 is 0 Å². The highest BCUT2D eigenvalue weighted by molar-refractivity contribution is 5.54. The lowest BCUT2D eigenvalue weighted by atomic mass is 10.1. The maximum Gasteiger partial charge on any atom is 0.203 e. The van der Waals surface area contributed by atoms with E-state index in [1.807, 2.05) is 12.1 Å². The van der Waals surface area contributed by atoms with Crippen LogP contribution in [0.4, 0.5) is 0 Å². The van der Waals surface area contributed by atoms with E-state index in [4.69, 9.17) is 14.2 Å². The fourth-order valence-electron chi connectivity index (χ4n) is 1.91. The number of aliphatic hydroxyl groups excluding tert-OH is 1. The van der Waals surface area contributed by atoms with Crippen molar-refractivity contribution in [1.29, 1.82) is 0 Å². The molecule has 108 valence electrons. The van der Waals surface area contributed by atoms with Crippen molar-refractivity contribution in [3.8, 4) is 17.2 Å². The van der Waals surface area contributed by atoms with Crippen molar-refractivity contribution in [2.24, 2.45) is 0 Å². The maximum absolute atomic E-state index is 9.48. The van der Waals surface area contributed by atoms with Gasteiger partial charge in [0.05, 0.1) is 34.0 Å². The fraction of sp³-hybridized carbons (Fsp3) is 0.571. The molecule has 0 saturated heterocycles. The van der Waals surface area contributed by atoms with Crippen molar-refractivity contribution in [3.05, 3.63) is 17.7 Å². The van der Waals surface area contributed by atoms with Crippen LogP contribution in [0, 0.1) is 0 Å². The van der Waals surface area contributed by atoms with E-state index in [0.717, 1.165) is 18.5 Å². The third-order valence-corrected chi connectivity index (χ3v) is 2.91. The van der Waals surface area contributed by atoms with E-state index in [-0.39, 0.29) is 12.6 Å². The number of benzene rings is 1.